The van der Waals surface area contributed by atoms with Crippen LogP contribution in [0.3, 0.4) is 0 Å². The standard InChI is InChI=1S/C14H12Cl2I.ClH/c1-9-8-14(10(2)7-13(9)16)17-12-5-3-11(15)4-6-12;/h3-8H,1-2H3;1H/q+1;/p-1. The van der Waals surface area contributed by atoms with Crippen LogP contribution in [0.4, 0.5) is 0 Å². The smallest absolute Gasteiger partial charge is 0.358 e. The molecule has 0 radical (unpaired) electrons. The summed E-state index contributed by atoms with van der Waals surface area (Å²) in [4.78, 5) is 0. The molecular weight excluding hydrogens is 401 g/mol. The maximum atomic E-state index is 6.10. The molecule has 0 N–H and O–H groups in total. The van der Waals surface area contributed by atoms with Crippen LogP contribution in [0.25, 0.3) is 0 Å². The SMILES string of the molecule is Cc1cc([I+]c2ccc(Cl)cc2)c(C)cc1Cl.[Cl-]. The van der Waals surface area contributed by atoms with Crippen LogP contribution in [-0.2, 0) is 0 Å². The Hall–Kier alpha value is 0.0400. The molecule has 0 heterocycles. The van der Waals surface area contributed by atoms with Crippen molar-refractivity contribution in [3.63, 3.8) is 0 Å². The molecule has 0 aliphatic heterocycles. The van der Waals surface area contributed by atoms with Crippen molar-refractivity contribution in [2.45, 2.75) is 13.8 Å². The second-order valence-electron chi connectivity index (χ2n) is 3.88. The summed E-state index contributed by atoms with van der Waals surface area (Å²) < 4.78 is 2.80. The lowest BCUT2D eigenvalue weighted by Crippen LogP contribution is -3.61. The van der Waals surface area contributed by atoms with Crippen LogP contribution in [-0.4, -0.2) is 0 Å². The highest BCUT2D eigenvalue weighted by Gasteiger charge is 2.19. The van der Waals surface area contributed by atoms with Gasteiger partial charge in [-0.1, -0.05) is 23.2 Å². The summed E-state index contributed by atoms with van der Waals surface area (Å²) in [5, 5.41) is 1.65. The van der Waals surface area contributed by atoms with Gasteiger partial charge >= 0.3 is 21.2 Å². The summed E-state index contributed by atoms with van der Waals surface area (Å²) in [6, 6.07) is 12.4. The predicted octanol–water partition coefficient (Wildman–Crippen LogP) is -1.26. The minimum absolute atomic E-state index is 0. The first-order valence-electron chi connectivity index (χ1n) is 5.23. The van der Waals surface area contributed by atoms with E-state index in [1.165, 1.54) is 12.7 Å². The van der Waals surface area contributed by atoms with Crippen LogP contribution < -0.4 is 33.6 Å². The van der Waals surface area contributed by atoms with Crippen molar-refractivity contribution in [1.29, 1.82) is 0 Å². The Morgan fingerprint density at radius 3 is 2.11 bits per heavy atom. The van der Waals surface area contributed by atoms with Gasteiger partial charge in [0.1, 0.15) is 0 Å². The van der Waals surface area contributed by atoms with Crippen LogP contribution in [0.5, 0.6) is 0 Å². The molecular formula is C14H12Cl3I. The van der Waals surface area contributed by atoms with Crippen LogP contribution in [0.2, 0.25) is 10.0 Å². The fourth-order valence-corrected chi connectivity index (χ4v) is 4.40. The van der Waals surface area contributed by atoms with Gasteiger partial charge in [0.2, 0.25) is 0 Å². The van der Waals surface area contributed by atoms with E-state index in [0.717, 1.165) is 15.6 Å². The van der Waals surface area contributed by atoms with Gasteiger partial charge in [-0.05, 0) is 55.8 Å². The number of hydrogen-bond acceptors (Lipinski definition) is 0. The first-order chi connectivity index (χ1) is 8.06. The van der Waals surface area contributed by atoms with E-state index in [1.54, 1.807) is 0 Å². The average molecular weight is 414 g/mol. The summed E-state index contributed by atoms with van der Waals surface area (Å²) in [6.45, 7) is 4.17. The maximum Gasteiger partial charge on any atom is 0.358 e. The molecule has 0 amide bonds. The Morgan fingerprint density at radius 1 is 0.889 bits per heavy atom. The molecule has 2 rings (SSSR count). The Bertz CT molecular complexity index is 535. The Kier molecular flexibility index (Phi) is 6.25. The van der Waals surface area contributed by atoms with Crippen molar-refractivity contribution in [3.05, 3.63) is 64.7 Å². The van der Waals surface area contributed by atoms with Crippen molar-refractivity contribution < 1.29 is 33.6 Å². The Morgan fingerprint density at radius 2 is 1.50 bits per heavy atom. The molecule has 0 spiro atoms. The third kappa shape index (κ3) is 4.02. The van der Waals surface area contributed by atoms with Crippen molar-refractivity contribution >= 4 is 23.2 Å². The summed E-state index contributed by atoms with van der Waals surface area (Å²) >= 11 is 11.8. The third-order valence-electron chi connectivity index (χ3n) is 2.45. The highest BCUT2D eigenvalue weighted by atomic mass is 127. The molecule has 2 aromatic carbocycles. The quantitative estimate of drug-likeness (QED) is 0.540. The summed E-state index contributed by atoms with van der Waals surface area (Å²) in [6.07, 6.45) is 0. The highest BCUT2D eigenvalue weighted by Crippen LogP contribution is 2.16. The molecule has 0 saturated heterocycles. The van der Waals surface area contributed by atoms with E-state index in [0.29, 0.717) is 0 Å². The minimum Gasteiger partial charge on any atom is -1.00 e. The Labute approximate surface area is 134 Å². The fraction of sp³-hybridized carbons (Fsp3) is 0.143. The van der Waals surface area contributed by atoms with E-state index in [9.17, 15) is 0 Å². The molecule has 0 aliphatic carbocycles. The van der Waals surface area contributed by atoms with Crippen LogP contribution in [0, 0.1) is 21.0 Å². The number of benzene rings is 2. The van der Waals surface area contributed by atoms with Gasteiger partial charge in [0.15, 0.2) is 7.14 Å². The van der Waals surface area contributed by atoms with Gasteiger partial charge in [-0.3, -0.25) is 0 Å². The normalized spacial score (nSPS) is 10.0. The molecule has 0 atom stereocenters. The molecule has 0 unspecified atom stereocenters. The molecule has 0 aliphatic rings. The monoisotopic (exact) mass is 412 g/mol. The van der Waals surface area contributed by atoms with Gasteiger partial charge in [-0.15, -0.1) is 0 Å². The first kappa shape index (κ1) is 16.1. The van der Waals surface area contributed by atoms with Crippen LogP contribution >= 0.6 is 23.2 Å². The fourth-order valence-electron chi connectivity index (χ4n) is 1.46. The lowest BCUT2D eigenvalue weighted by Gasteiger charge is -1.99. The summed E-state index contributed by atoms with van der Waals surface area (Å²) in [5.74, 6) is 0. The highest BCUT2D eigenvalue weighted by molar-refractivity contribution is 6.31. The zero-order valence-corrected chi connectivity index (χ0v) is 14.4. The van der Waals surface area contributed by atoms with E-state index in [2.05, 4.69) is 38.1 Å². The topological polar surface area (TPSA) is 0 Å². The van der Waals surface area contributed by atoms with E-state index < -0.39 is 0 Å². The van der Waals surface area contributed by atoms with Crippen molar-refractivity contribution in [2.75, 3.05) is 0 Å². The van der Waals surface area contributed by atoms with Crippen molar-refractivity contribution in [1.82, 2.24) is 0 Å². The number of aryl methyl sites for hydroxylation is 2. The largest absolute Gasteiger partial charge is 1.00 e. The van der Waals surface area contributed by atoms with Crippen LogP contribution in [0.15, 0.2) is 36.4 Å². The van der Waals surface area contributed by atoms with E-state index in [4.69, 9.17) is 23.2 Å². The average Bonchev–Trinajstić information content (AvgIpc) is 2.29. The van der Waals surface area contributed by atoms with Gasteiger partial charge in [-0.2, -0.15) is 0 Å². The molecule has 0 fully saturated rings. The molecule has 0 saturated carbocycles. The van der Waals surface area contributed by atoms with Crippen molar-refractivity contribution in [3.8, 4) is 0 Å². The third-order valence-corrected chi connectivity index (χ3v) is 6.20. The van der Waals surface area contributed by atoms with E-state index >= 15 is 0 Å². The molecule has 96 valence electrons. The van der Waals surface area contributed by atoms with Gasteiger partial charge in [0.25, 0.3) is 0 Å². The summed E-state index contributed by atoms with van der Waals surface area (Å²) in [7, 11) is 0. The number of rotatable bonds is 2. The molecule has 4 heteroatoms. The van der Waals surface area contributed by atoms with Gasteiger partial charge < -0.3 is 12.4 Å². The Balaban J connectivity index is 0.00000162. The molecule has 0 nitrogen and oxygen atoms in total. The lowest BCUT2D eigenvalue weighted by atomic mass is 10.2. The second-order valence-corrected chi connectivity index (χ2v) is 7.67. The second kappa shape index (κ2) is 6.99. The summed E-state index contributed by atoms with van der Waals surface area (Å²) in [5.41, 5.74) is 2.43. The molecule has 18 heavy (non-hydrogen) atoms. The van der Waals surface area contributed by atoms with Gasteiger partial charge in [0.05, 0.1) is 0 Å². The van der Waals surface area contributed by atoms with Gasteiger partial charge in [0, 0.05) is 15.6 Å². The molecule has 0 aromatic heterocycles. The van der Waals surface area contributed by atoms with Gasteiger partial charge in [-0.25, -0.2) is 0 Å². The van der Waals surface area contributed by atoms with E-state index in [1.807, 2.05) is 12.1 Å². The minimum atomic E-state index is -0.153. The maximum absolute atomic E-state index is 6.10. The number of hydrogen-bond donors (Lipinski definition) is 0. The number of halogens is 4. The first-order valence-corrected chi connectivity index (χ1v) is 8.15. The molecule has 2 aromatic rings. The van der Waals surface area contributed by atoms with Crippen LogP contribution in [0.1, 0.15) is 11.1 Å². The van der Waals surface area contributed by atoms with E-state index in [-0.39, 0.29) is 33.6 Å². The zero-order chi connectivity index (χ0) is 12.4. The zero-order valence-electron chi connectivity index (χ0n) is 9.98. The lowest BCUT2D eigenvalue weighted by molar-refractivity contribution is -0.598. The molecule has 0 bridgehead atoms. The predicted molar refractivity (Wildman–Crippen MR) is 69.8 cm³/mol. The van der Waals surface area contributed by atoms with Crippen molar-refractivity contribution in [2.24, 2.45) is 0 Å².